The molecule has 126 valence electrons. The molecule has 8 heteroatoms. The molecule has 2 heterocycles. The summed E-state index contributed by atoms with van der Waals surface area (Å²) in [5.41, 5.74) is 0.773. The van der Waals surface area contributed by atoms with Gasteiger partial charge in [-0.2, -0.15) is 5.26 Å². The van der Waals surface area contributed by atoms with Crippen LogP contribution < -0.4 is 9.04 Å². The van der Waals surface area contributed by atoms with Gasteiger partial charge in [-0.1, -0.05) is 12.1 Å². The lowest BCUT2D eigenvalue weighted by Gasteiger charge is -2.18. The van der Waals surface area contributed by atoms with E-state index in [1.165, 1.54) is 22.7 Å². The van der Waals surface area contributed by atoms with Gasteiger partial charge in [-0.25, -0.2) is 13.4 Å². The van der Waals surface area contributed by atoms with Crippen molar-refractivity contribution >= 4 is 27.0 Å². The monoisotopic (exact) mass is 371 g/mol. The van der Waals surface area contributed by atoms with Crippen molar-refractivity contribution in [3.63, 3.8) is 0 Å². The minimum absolute atomic E-state index is 0.260. The van der Waals surface area contributed by atoms with Crippen LogP contribution in [0.3, 0.4) is 0 Å². The molecule has 25 heavy (non-hydrogen) atoms. The Bertz CT molecular complexity index is 1010. The van der Waals surface area contributed by atoms with E-state index in [0.29, 0.717) is 17.3 Å². The van der Waals surface area contributed by atoms with Crippen LogP contribution in [0.5, 0.6) is 11.6 Å². The molecular weight excluding hydrogens is 358 g/mol. The predicted octanol–water partition coefficient (Wildman–Crippen LogP) is 3.63. The Balaban J connectivity index is 1.79. The minimum Gasteiger partial charge on any atom is -0.439 e. The first-order chi connectivity index (χ1) is 12.0. The van der Waals surface area contributed by atoms with Gasteiger partial charge < -0.3 is 4.74 Å². The van der Waals surface area contributed by atoms with Crippen LogP contribution in [0.15, 0.2) is 64.2 Å². The Kier molecular flexibility index (Phi) is 4.70. The molecule has 0 N–H and O–H groups in total. The number of nitrogens with zero attached hydrogens (tertiary/aromatic N) is 3. The predicted molar refractivity (Wildman–Crippen MR) is 95.4 cm³/mol. The highest BCUT2D eigenvalue weighted by Gasteiger charge is 2.22. The Morgan fingerprint density at radius 3 is 2.52 bits per heavy atom. The van der Waals surface area contributed by atoms with E-state index >= 15 is 0 Å². The molecule has 0 saturated carbocycles. The number of anilines is 1. The van der Waals surface area contributed by atoms with Gasteiger partial charge in [-0.15, -0.1) is 11.3 Å². The second-order valence-corrected chi connectivity index (χ2v) is 8.12. The summed E-state index contributed by atoms with van der Waals surface area (Å²) in [5.74, 6) is 0.791. The van der Waals surface area contributed by atoms with Crippen molar-refractivity contribution in [3.8, 4) is 17.7 Å². The number of pyridine rings is 1. The third-order valence-electron chi connectivity index (χ3n) is 3.37. The normalized spacial score (nSPS) is 10.9. The van der Waals surface area contributed by atoms with Crippen molar-refractivity contribution in [1.29, 1.82) is 5.26 Å². The highest BCUT2D eigenvalue weighted by atomic mass is 32.2. The van der Waals surface area contributed by atoms with Gasteiger partial charge in [0.2, 0.25) is 5.88 Å². The minimum atomic E-state index is -3.57. The molecule has 0 saturated heterocycles. The van der Waals surface area contributed by atoms with E-state index in [0.717, 1.165) is 0 Å². The first-order valence-electron chi connectivity index (χ1n) is 7.18. The maximum atomic E-state index is 12.5. The fraction of sp³-hybridized carbons (Fsp3) is 0.0588. The molecule has 2 aromatic heterocycles. The van der Waals surface area contributed by atoms with E-state index in [-0.39, 0.29) is 9.90 Å². The van der Waals surface area contributed by atoms with Crippen LogP contribution >= 0.6 is 11.3 Å². The van der Waals surface area contributed by atoms with Gasteiger partial charge in [0, 0.05) is 13.1 Å². The number of benzene rings is 1. The fourth-order valence-corrected chi connectivity index (χ4v) is 4.42. The smallest absolute Gasteiger partial charge is 0.273 e. The van der Waals surface area contributed by atoms with E-state index in [1.54, 1.807) is 60.0 Å². The summed E-state index contributed by atoms with van der Waals surface area (Å²) in [6.07, 6.45) is 0. The molecule has 0 spiro atoms. The zero-order valence-corrected chi connectivity index (χ0v) is 14.8. The lowest BCUT2D eigenvalue weighted by atomic mass is 10.3. The van der Waals surface area contributed by atoms with Gasteiger partial charge in [-0.05, 0) is 41.8 Å². The van der Waals surface area contributed by atoms with Crippen LogP contribution in [0.1, 0.15) is 5.69 Å². The number of thiophene rings is 1. The summed E-state index contributed by atoms with van der Waals surface area (Å²) in [6, 6.07) is 16.7. The van der Waals surface area contributed by atoms with E-state index in [4.69, 9.17) is 10.00 Å². The molecular formula is C17H13N3O3S2. The largest absolute Gasteiger partial charge is 0.439 e. The number of aromatic nitrogens is 1. The molecule has 3 rings (SSSR count). The summed E-state index contributed by atoms with van der Waals surface area (Å²) in [7, 11) is -2.06. The average molecular weight is 371 g/mol. The van der Waals surface area contributed by atoms with Crippen molar-refractivity contribution in [2.45, 2.75) is 4.21 Å². The summed E-state index contributed by atoms with van der Waals surface area (Å²) in [5, 5.41) is 10.6. The van der Waals surface area contributed by atoms with Gasteiger partial charge >= 0.3 is 0 Å². The van der Waals surface area contributed by atoms with Crippen LogP contribution in [-0.4, -0.2) is 20.4 Å². The molecule has 1 aromatic carbocycles. The molecule has 0 aliphatic carbocycles. The number of nitriles is 1. The van der Waals surface area contributed by atoms with Crippen molar-refractivity contribution < 1.29 is 13.2 Å². The average Bonchev–Trinajstić information content (AvgIpc) is 3.17. The van der Waals surface area contributed by atoms with E-state index < -0.39 is 10.0 Å². The number of hydrogen-bond acceptors (Lipinski definition) is 6. The zero-order valence-electron chi connectivity index (χ0n) is 13.2. The van der Waals surface area contributed by atoms with Gasteiger partial charge in [0.05, 0.1) is 5.69 Å². The highest BCUT2D eigenvalue weighted by Crippen LogP contribution is 2.27. The van der Waals surface area contributed by atoms with Gasteiger partial charge in [0.15, 0.2) is 0 Å². The maximum Gasteiger partial charge on any atom is 0.273 e. The van der Waals surface area contributed by atoms with Crippen molar-refractivity contribution in [2.24, 2.45) is 0 Å². The van der Waals surface area contributed by atoms with Crippen molar-refractivity contribution in [2.75, 3.05) is 11.4 Å². The molecule has 0 bridgehead atoms. The summed E-state index contributed by atoms with van der Waals surface area (Å²) < 4.78 is 32.1. The maximum absolute atomic E-state index is 12.5. The molecule has 0 aliphatic heterocycles. The number of hydrogen-bond donors (Lipinski definition) is 0. The lowest BCUT2D eigenvalue weighted by Crippen LogP contribution is -2.25. The fourth-order valence-electron chi connectivity index (χ4n) is 2.06. The van der Waals surface area contributed by atoms with E-state index in [9.17, 15) is 8.42 Å². The Hall–Kier alpha value is -2.89. The topological polar surface area (TPSA) is 83.3 Å². The summed E-state index contributed by atoms with van der Waals surface area (Å²) >= 11 is 1.17. The lowest BCUT2D eigenvalue weighted by molar-refractivity contribution is 0.462. The highest BCUT2D eigenvalue weighted by molar-refractivity contribution is 7.94. The van der Waals surface area contributed by atoms with E-state index in [1.807, 2.05) is 6.07 Å². The van der Waals surface area contributed by atoms with Crippen LogP contribution in [0.25, 0.3) is 0 Å². The molecule has 6 nitrogen and oxygen atoms in total. The second kappa shape index (κ2) is 6.93. The van der Waals surface area contributed by atoms with Crippen LogP contribution in [0, 0.1) is 11.3 Å². The standard InChI is InChI=1S/C17H13N3O3S2/c1-20(25(21,22)17-6-3-11-24-17)14-7-9-15(10-8-14)23-16-5-2-4-13(12-18)19-16/h2-11H,1H3. The number of sulfonamides is 1. The van der Waals surface area contributed by atoms with Gasteiger partial charge in [0.1, 0.15) is 21.7 Å². The Morgan fingerprint density at radius 2 is 1.88 bits per heavy atom. The molecule has 0 aliphatic rings. The Labute approximate surface area is 149 Å². The molecule has 3 aromatic rings. The SMILES string of the molecule is CN(c1ccc(Oc2cccc(C#N)n2)cc1)S(=O)(=O)c1cccs1. The van der Waals surface area contributed by atoms with Crippen LogP contribution in [0.2, 0.25) is 0 Å². The molecule has 0 fully saturated rings. The van der Waals surface area contributed by atoms with Crippen LogP contribution in [-0.2, 0) is 10.0 Å². The third-order valence-corrected chi connectivity index (χ3v) is 6.53. The number of ether oxygens (including phenoxy) is 1. The zero-order chi connectivity index (χ0) is 17.9. The van der Waals surface area contributed by atoms with Crippen molar-refractivity contribution in [1.82, 2.24) is 4.98 Å². The summed E-state index contributed by atoms with van der Waals surface area (Å²) in [6.45, 7) is 0. The van der Waals surface area contributed by atoms with E-state index in [2.05, 4.69) is 4.98 Å². The van der Waals surface area contributed by atoms with Crippen molar-refractivity contribution in [3.05, 3.63) is 65.7 Å². The molecule has 0 radical (unpaired) electrons. The third kappa shape index (κ3) is 3.63. The first-order valence-corrected chi connectivity index (χ1v) is 9.50. The van der Waals surface area contributed by atoms with Gasteiger partial charge in [0.25, 0.3) is 10.0 Å². The second-order valence-electron chi connectivity index (χ2n) is 4.97. The summed E-state index contributed by atoms with van der Waals surface area (Å²) in [4.78, 5) is 4.03. The van der Waals surface area contributed by atoms with Crippen LogP contribution in [0.4, 0.5) is 5.69 Å². The molecule has 0 unspecified atom stereocenters. The number of rotatable bonds is 5. The Morgan fingerprint density at radius 1 is 1.12 bits per heavy atom. The van der Waals surface area contributed by atoms with Gasteiger partial charge in [-0.3, -0.25) is 4.31 Å². The molecule has 0 atom stereocenters. The quantitative estimate of drug-likeness (QED) is 0.684. The molecule has 0 amide bonds. The first kappa shape index (κ1) is 17.0.